The number of hydrogen-bond donors (Lipinski definition) is 1. The third-order valence-corrected chi connectivity index (χ3v) is 8.84. The van der Waals surface area contributed by atoms with Crippen molar-refractivity contribution < 1.29 is 43.9 Å². The Bertz CT molecular complexity index is 1130. The maximum absolute atomic E-state index is 14.0. The minimum atomic E-state index is -5.68. The number of allylic oxidation sites excluding steroid dienone is 3. The topological polar surface area (TPSA) is 66.5 Å². The number of nitrogens with one attached hydrogen (secondary N) is 1. The van der Waals surface area contributed by atoms with E-state index >= 15 is 0 Å². The molecule has 13 heteroatoms. The molecule has 3 rings (SSSR count). The Morgan fingerprint density at radius 1 is 1.06 bits per heavy atom. The van der Waals surface area contributed by atoms with E-state index in [0.29, 0.717) is 19.3 Å². The van der Waals surface area contributed by atoms with Gasteiger partial charge in [0, 0.05) is 19.5 Å². The molecule has 1 aliphatic carbocycles. The molecule has 1 unspecified atom stereocenters. The highest BCUT2D eigenvalue weighted by Gasteiger charge is 2.43. The van der Waals surface area contributed by atoms with Crippen LogP contribution < -0.4 is 5.32 Å². The monoisotopic (exact) mass is 528 g/mol. The van der Waals surface area contributed by atoms with Crippen molar-refractivity contribution in [3.8, 4) is 0 Å². The van der Waals surface area contributed by atoms with E-state index in [9.17, 15) is 43.9 Å². The zero-order valence-corrected chi connectivity index (χ0v) is 19.4. The van der Waals surface area contributed by atoms with Gasteiger partial charge < -0.3 is 5.32 Å². The van der Waals surface area contributed by atoms with Crippen LogP contribution in [0.25, 0.3) is 0 Å². The first kappa shape index (κ1) is 27.2. The number of carbonyl (C=O) groups is 1. The lowest BCUT2D eigenvalue weighted by Crippen LogP contribution is -2.48. The zero-order valence-electron chi connectivity index (χ0n) is 18.6. The summed E-state index contributed by atoms with van der Waals surface area (Å²) in [6, 6.07) is 0. The molecule has 0 spiro atoms. The summed E-state index contributed by atoms with van der Waals surface area (Å²) >= 11 is 0. The maximum Gasteiger partial charge on any atom is 0.422 e. The Labute approximate surface area is 197 Å². The number of alkyl halides is 3. The van der Waals surface area contributed by atoms with Crippen molar-refractivity contribution in [2.24, 2.45) is 5.92 Å². The van der Waals surface area contributed by atoms with Gasteiger partial charge >= 0.3 is 6.18 Å². The third kappa shape index (κ3) is 5.40. The Kier molecular flexibility index (Phi) is 7.70. The number of anilines is 1. The number of hydrogen-bond acceptors (Lipinski definition) is 3. The maximum atomic E-state index is 14.0. The smallest absolute Gasteiger partial charge is 0.321 e. The van der Waals surface area contributed by atoms with Crippen LogP contribution in [0, 0.1) is 29.2 Å². The Morgan fingerprint density at radius 3 is 2.11 bits per heavy atom. The summed E-state index contributed by atoms with van der Waals surface area (Å²) in [5.74, 6) is -11.2. The molecule has 0 bridgehead atoms. The van der Waals surface area contributed by atoms with Gasteiger partial charge in [0.2, 0.25) is 15.9 Å². The summed E-state index contributed by atoms with van der Waals surface area (Å²) in [4.78, 5) is 12.1. The van der Waals surface area contributed by atoms with Crippen molar-refractivity contribution in [3.63, 3.8) is 0 Å². The summed E-state index contributed by atoms with van der Waals surface area (Å²) < 4.78 is 120. The molecule has 1 N–H and O–H groups in total. The highest BCUT2D eigenvalue weighted by Crippen LogP contribution is 2.39. The van der Waals surface area contributed by atoms with Gasteiger partial charge in [0.05, 0.1) is 0 Å². The summed E-state index contributed by atoms with van der Waals surface area (Å²) in [6.45, 7) is 2.05. The van der Waals surface area contributed by atoms with Gasteiger partial charge in [-0.3, -0.25) is 4.79 Å². The largest absolute Gasteiger partial charge is 0.422 e. The fourth-order valence-corrected chi connectivity index (χ4v) is 6.00. The van der Waals surface area contributed by atoms with E-state index in [1.807, 2.05) is 0 Å². The van der Waals surface area contributed by atoms with E-state index in [-0.39, 0.29) is 31.8 Å². The van der Waals surface area contributed by atoms with E-state index in [1.54, 1.807) is 36.5 Å². The molecule has 1 fully saturated rings. The fraction of sp³-hybridized carbons (Fsp3) is 0.500. The van der Waals surface area contributed by atoms with Crippen LogP contribution >= 0.6 is 0 Å². The van der Waals surface area contributed by atoms with Crippen LogP contribution in [0.1, 0.15) is 44.6 Å². The Hall–Kier alpha value is -2.41. The molecule has 1 aromatic carbocycles. The Morgan fingerprint density at radius 2 is 1.63 bits per heavy atom. The van der Waals surface area contributed by atoms with E-state index in [2.05, 4.69) is 0 Å². The number of nitrogens with zero attached hydrogens (tertiary/aromatic N) is 1. The van der Waals surface area contributed by atoms with Crippen LogP contribution in [0.3, 0.4) is 0 Å². The van der Waals surface area contributed by atoms with Crippen molar-refractivity contribution >= 4 is 21.6 Å². The van der Waals surface area contributed by atoms with Crippen LogP contribution in [0.4, 0.5) is 36.4 Å². The molecule has 35 heavy (non-hydrogen) atoms. The van der Waals surface area contributed by atoms with E-state index in [4.69, 9.17) is 0 Å². The molecule has 194 valence electrons. The van der Waals surface area contributed by atoms with Gasteiger partial charge in [-0.15, -0.1) is 0 Å². The van der Waals surface area contributed by atoms with Gasteiger partial charge in [0.25, 0.3) is 0 Å². The van der Waals surface area contributed by atoms with Crippen LogP contribution in [0.5, 0.6) is 0 Å². The van der Waals surface area contributed by atoms with E-state index < -0.39 is 61.4 Å². The summed E-state index contributed by atoms with van der Waals surface area (Å²) in [6.07, 6.45) is 2.15. The predicted molar refractivity (Wildman–Crippen MR) is 114 cm³/mol. The highest BCUT2D eigenvalue weighted by atomic mass is 32.2. The van der Waals surface area contributed by atoms with Gasteiger partial charge in [0.1, 0.15) is 16.0 Å². The lowest BCUT2D eigenvalue weighted by Gasteiger charge is -2.37. The molecule has 0 saturated carbocycles. The van der Waals surface area contributed by atoms with E-state index in [1.165, 1.54) is 4.31 Å². The standard InChI is InChI=1S/C22H23F7N2O3S/c1-21(9-3-2-4-10-21)35(33,34)31-11-7-13(8-12-31)5-6-14(32)30-20-18(25)16(23)15(22(27,28)29)17(24)19(20)26/h2-4,9,13H,5-8,10-12H2,1H3,(H,30,32). The van der Waals surface area contributed by atoms with Gasteiger partial charge in [-0.2, -0.15) is 13.2 Å². The quantitative estimate of drug-likeness (QED) is 0.403. The van der Waals surface area contributed by atoms with Gasteiger partial charge in [-0.25, -0.2) is 30.3 Å². The van der Waals surface area contributed by atoms with Gasteiger partial charge in [0.15, 0.2) is 23.3 Å². The van der Waals surface area contributed by atoms with Crippen molar-refractivity contribution in [1.82, 2.24) is 4.31 Å². The molecule has 1 aliphatic heterocycles. The number of rotatable bonds is 6. The van der Waals surface area contributed by atoms with Crippen molar-refractivity contribution in [3.05, 3.63) is 53.1 Å². The van der Waals surface area contributed by atoms with Crippen LogP contribution in [0.15, 0.2) is 24.3 Å². The number of amides is 1. The molecule has 1 heterocycles. The summed E-state index contributed by atoms with van der Waals surface area (Å²) in [5, 5.41) is 1.60. The fourth-order valence-electron chi connectivity index (χ4n) is 4.16. The van der Waals surface area contributed by atoms with Crippen LogP contribution in [-0.2, 0) is 21.0 Å². The molecule has 1 aromatic rings. The molecule has 2 aliphatic rings. The summed E-state index contributed by atoms with van der Waals surface area (Å²) in [7, 11) is -3.63. The summed E-state index contributed by atoms with van der Waals surface area (Å²) in [5.41, 5.74) is -4.36. The molecular formula is C22H23F7N2O3S. The minimum Gasteiger partial charge on any atom is -0.321 e. The predicted octanol–water partition coefficient (Wildman–Crippen LogP) is 5.30. The SMILES string of the molecule is CC1(S(=O)(=O)N2CCC(CCC(=O)Nc3c(F)c(F)c(C(F)(F)F)c(F)c3F)CC2)C=CC=CC1. The molecule has 0 aromatic heterocycles. The van der Waals surface area contributed by atoms with Crippen molar-refractivity contribution in [1.29, 1.82) is 0 Å². The molecule has 0 radical (unpaired) electrons. The van der Waals surface area contributed by atoms with Crippen molar-refractivity contribution in [2.75, 3.05) is 18.4 Å². The lowest BCUT2D eigenvalue weighted by molar-refractivity contribution is -0.143. The highest BCUT2D eigenvalue weighted by molar-refractivity contribution is 7.90. The Balaban J connectivity index is 1.58. The van der Waals surface area contributed by atoms with Crippen LogP contribution in [-0.4, -0.2) is 36.5 Å². The first-order chi connectivity index (χ1) is 16.2. The molecule has 1 amide bonds. The molecular weight excluding hydrogens is 505 g/mol. The number of carbonyl (C=O) groups excluding carboxylic acids is 1. The average molecular weight is 528 g/mol. The first-order valence-electron chi connectivity index (χ1n) is 10.8. The normalized spacial score (nSPS) is 21.9. The van der Waals surface area contributed by atoms with E-state index in [0.717, 1.165) is 0 Å². The molecule has 5 nitrogen and oxygen atoms in total. The number of piperidine rings is 1. The number of halogens is 7. The van der Waals surface area contributed by atoms with Crippen LogP contribution in [0.2, 0.25) is 0 Å². The second-order valence-corrected chi connectivity index (χ2v) is 11.1. The first-order valence-corrected chi connectivity index (χ1v) is 12.2. The lowest BCUT2D eigenvalue weighted by atomic mass is 9.93. The van der Waals surface area contributed by atoms with Crippen molar-refractivity contribution in [2.45, 2.75) is 50.0 Å². The third-order valence-electron chi connectivity index (χ3n) is 6.31. The van der Waals surface area contributed by atoms with Gasteiger partial charge in [-0.05, 0) is 38.5 Å². The molecule has 1 atom stereocenters. The molecule has 1 saturated heterocycles. The van der Waals surface area contributed by atoms with Gasteiger partial charge in [-0.1, -0.05) is 24.3 Å². The number of sulfonamides is 1. The zero-order chi connectivity index (χ0) is 26.2. The number of benzene rings is 1. The second kappa shape index (κ2) is 9.92. The minimum absolute atomic E-state index is 0.113. The second-order valence-electron chi connectivity index (χ2n) is 8.74. The average Bonchev–Trinajstić information content (AvgIpc) is 2.79.